The molecule has 27 heteroatoms. The standard InChI is InChI=1S/C34H28N6O16S4.Na/c1-55-23-11-15(3-7-19(23)37-39-21-9-5-17-25(57(43,44)45)13-27(59(49,50)51)31(35)29(17)33(21)41)16-4-8-20(24(12-16)56-2)38-40-22-10-6-18-26(58(46,47)48)14-28(60(52,53)54)32(36)30(18)34(22)42;/h3-14,37-38H,35-36H2,1-2H3,(H,43,44,45)(H,46,47,48)(H,49,50,51)(H,52,53,54);/q;+1/b39-21+,40-22+;. The first-order valence-corrected chi connectivity index (χ1v) is 21.9. The maximum atomic E-state index is 13.4. The van der Waals surface area contributed by atoms with Gasteiger partial charge in [-0.1, -0.05) is 24.3 Å². The number of nitrogens with two attached hydrogens (primary N) is 2. The van der Waals surface area contributed by atoms with Gasteiger partial charge in [-0.05, 0) is 59.7 Å². The monoisotopic (exact) mass is 927 g/mol. The Labute approximate surface area is 368 Å². The molecule has 314 valence electrons. The summed E-state index contributed by atoms with van der Waals surface area (Å²) in [5.41, 5.74) is 14.0. The number of carbonyl (C=O) groups excluding carboxylic acids is 2. The Morgan fingerprint density at radius 2 is 0.852 bits per heavy atom. The second-order valence-corrected chi connectivity index (χ2v) is 18.0. The average molecular weight is 928 g/mol. The first kappa shape index (κ1) is 46.5. The van der Waals surface area contributed by atoms with E-state index < -0.39 is 105 Å². The summed E-state index contributed by atoms with van der Waals surface area (Å²) >= 11 is 0. The molecule has 0 radical (unpaired) electrons. The van der Waals surface area contributed by atoms with Crippen LogP contribution < -0.4 is 61.3 Å². The summed E-state index contributed by atoms with van der Waals surface area (Å²) in [4.78, 5) is 22.6. The van der Waals surface area contributed by atoms with E-state index in [1.807, 2.05) is 0 Å². The number of ketones is 2. The van der Waals surface area contributed by atoms with Crippen molar-refractivity contribution in [3.05, 3.63) is 82.9 Å². The second kappa shape index (κ2) is 16.7. The quantitative estimate of drug-likeness (QED) is 0.0421. The number of nitrogen functional groups attached to an aromatic ring is 2. The van der Waals surface area contributed by atoms with Gasteiger partial charge in [-0.25, -0.2) is 0 Å². The number of anilines is 4. The minimum atomic E-state index is -5.15. The molecule has 0 amide bonds. The third-order valence-electron chi connectivity index (χ3n) is 8.84. The van der Waals surface area contributed by atoms with Crippen LogP contribution in [0.5, 0.6) is 11.5 Å². The third-order valence-corrected chi connectivity index (χ3v) is 12.4. The number of allylic oxidation sites excluding steroid dienone is 2. The predicted molar refractivity (Wildman–Crippen MR) is 215 cm³/mol. The van der Waals surface area contributed by atoms with Crippen LogP contribution in [-0.4, -0.2) is 89.1 Å². The Morgan fingerprint density at radius 1 is 0.525 bits per heavy atom. The topological polar surface area (TPSA) is 371 Å². The van der Waals surface area contributed by atoms with Gasteiger partial charge in [0.1, 0.15) is 42.5 Å². The van der Waals surface area contributed by atoms with Crippen LogP contribution >= 0.6 is 0 Å². The van der Waals surface area contributed by atoms with E-state index in [0.717, 1.165) is 24.3 Å². The van der Waals surface area contributed by atoms with E-state index >= 15 is 0 Å². The van der Waals surface area contributed by atoms with Crippen molar-refractivity contribution >= 4 is 98.4 Å². The number of ether oxygens (including phenoxy) is 2. The molecular weight excluding hydrogens is 900 g/mol. The molecule has 61 heavy (non-hydrogen) atoms. The van der Waals surface area contributed by atoms with Crippen LogP contribution in [0.15, 0.2) is 90.5 Å². The van der Waals surface area contributed by atoms with E-state index in [-0.39, 0.29) is 63.9 Å². The molecular formula is C34H28N6NaO16S4+. The van der Waals surface area contributed by atoms with Crippen LogP contribution in [-0.2, 0) is 40.5 Å². The van der Waals surface area contributed by atoms with Crippen LogP contribution in [0.3, 0.4) is 0 Å². The Morgan fingerprint density at radius 3 is 1.15 bits per heavy atom. The number of Topliss-reactive ketones (excluding diaryl/α,β-unsaturated/α-hetero) is 2. The number of carbonyl (C=O) groups is 2. The largest absolute Gasteiger partial charge is 1.00 e. The van der Waals surface area contributed by atoms with Crippen LogP contribution in [0.2, 0.25) is 0 Å². The Hall–Kier alpha value is -5.52. The van der Waals surface area contributed by atoms with Crippen LogP contribution in [0, 0.1) is 0 Å². The van der Waals surface area contributed by atoms with Gasteiger partial charge in [0.05, 0.1) is 48.1 Å². The van der Waals surface area contributed by atoms with Crippen molar-refractivity contribution in [2.45, 2.75) is 19.6 Å². The molecule has 4 aromatic rings. The number of hydrazone groups is 2. The van der Waals surface area contributed by atoms with E-state index in [0.29, 0.717) is 23.3 Å². The van der Waals surface area contributed by atoms with Crippen molar-refractivity contribution in [2.75, 3.05) is 36.5 Å². The summed E-state index contributed by atoms with van der Waals surface area (Å²) in [5, 5.41) is 8.08. The number of hydrogen-bond acceptors (Lipinski definition) is 18. The SMILES string of the molecule is COc1cc(-c2ccc(N/N=C3\C=Cc4c(S(=O)(=O)O)cc(S(=O)(=O)O)c(N)c4C3=O)c(OC)c2)ccc1N/N=C1\C=Cc2c(S(=O)(=O)O)cc(S(=O)(=O)O)c(N)c2C1=O.[Na+]. The normalized spacial score (nSPS) is 15.2. The number of nitrogens with zero attached hydrogens (tertiary/aromatic N) is 2. The molecule has 0 bridgehead atoms. The summed E-state index contributed by atoms with van der Waals surface area (Å²) in [6, 6.07) is 10.3. The van der Waals surface area contributed by atoms with Crippen molar-refractivity contribution in [3.63, 3.8) is 0 Å². The molecule has 6 rings (SSSR count). The van der Waals surface area contributed by atoms with Gasteiger partial charge in [-0.3, -0.25) is 38.7 Å². The molecule has 22 nitrogen and oxygen atoms in total. The third kappa shape index (κ3) is 9.09. The van der Waals surface area contributed by atoms with E-state index in [2.05, 4.69) is 21.1 Å². The van der Waals surface area contributed by atoms with Crippen LogP contribution in [0.25, 0.3) is 23.3 Å². The fourth-order valence-corrected chi connectivity index (χ4v) is 8.95. The molecule has 0 spiro atoms. The van der Waals surface area contributed by atoms with E-state index in [9.17, 15) is 61.5 Å². The van der Waals surface area contributed by atoms with Gasteiger partial charge in [0.25, 0.3) is 40.5 Å². The average Bonchev–Trinajstić information content (AvgIpc) is 3.15. The van der Waals surface area contributed by atoms with Gasteiger partial charge in [0.2, 0.25) is 11.6 Å². The van der Waals surface area contributed by atoms with Crippen molar-refractivity contribution < 1.29 is 101 Å². The number of fused-ring (bicyclic) bond motifs is 2. The van der Waals surface area contributed by atoms with E-state index in [1.165, 1.54) is 26.4 Å². The van der Waals surface area contributed by atoms with E-state index in [1.54, 1.807) is 24.3 Å². The summed E-state index contributed by atoms with van der Waals surface area (Å²) < 4.78 is 145. The first-order valence-electron chi connectivity index (χ1n) is 16.2. The van der Waals surface area contributed by atoms with Gasteiger partial charge in [0.15, 0.2) is 0 Å². The number of benzene rings is 4. The molecule has 0 aromatic heterocycles. The Balaban J connectivity index is 0.00000704. The van der Waals surface area contributed by atoms with Crippen molar-refractivity contribution in [1.82, 2.24) is 0 Å². The summed E-state index contributed by atoms with van der Waals surface area (Å²) in [5.74, 6) is -1.72. The molecule has 0 saturated heterocycles. The minimum absolute atomic E-state index is 0. The van der Waals surface area contributed by atoms with Crippen molar-refractivity contribution in [2.24, 2.45) is 10.2 Å². The Kier molecular flexibility index (Phi) is 12.8. The zero-order chi connectivity index (χ0) is 44.3. The Bertz CT molecular complexity index is 2970. The maximum absolute atomic E-state index is 13.4. The van der Waals surface area contributed by atoms with E-state index in [4.69, 9.17) is 20.9 Å². The van der Waals surface area contributed by atoms with Gasteiger partial charge in [-0.15, -0.1) is 0 Å². The molecule has 0 heterocycles. The molecule has 2 aliphatic rings. The number of nitrogens with one attached hydrogen (secondary N) is 2. The van der Waals surface area contributed by atoms with Crippen LogP contribution in [0.4, 0.5) is 22.7 Å². The molecule has 0 unspecified atom stereocenters. The predicted octanol–water partition coefficient (Wildman–Crippen LogP) is -0.119. The van der Waals surface area contributed by atoms with Gasteiger partial charge >= 0.3 is 29.6 Å². The number of methoxy groups -OCH3 is 2. The fraction of sp³-hybridized carbons (Fsp3) is 0.0588. The number of hydrogen-bond donors (Lipinski definition) is 8. The molecule has 0 fully saturated rings. The van der Waals surface area contributed by atoms with Gasteiger partial charge < -0.3 is 20.9 Å². The molecule has 0 saturated carbocycles. The molecule has 0 aliphatic heterocycles. The van der Waals surface area contributed by atoms with Crippen molar-refractivity contribution in [1.29, 1.82) is 0 Å². The summed E-state index contributed by atoms with van der Waals surface area (Å²) in [6.07, 6.45) is 4.29. The number of rotatable bonds is 11. The van der Waals surface area contributed by atoms with Gasteiger partial charge in [-0.2, -0.15) is 43.9 Å². The zero-order valence-corrected chi connectivity index (χ0v) is 36.6. The van der Waals surface area contributed by atoms with Gasteiger partial charge in [0, 0.05) is 11.1 Å². The smallest absolute Gasteiger partial charge is 0.494 e. The first-order chi connectivity index (χ1) is 27.9. The molecule has 0 atom stereocenters. The summed E-state index contributed by atoms with van der Waals surface area (Å²) in [6.45, 7) is 0. The molecule has 4 aromatic carbocycles. The second-order valence-electron chi connectivity index (χ2n) is 12.4. The van der Waals surface area contributed by atoms with Crippen molar-refractivity contribution in [3.8, 4) is 22.6 Å². The minimum Gasteiger partial charge on any atom is -0.494 e. The fourth-order valence-electron chi connectivity index (χ4n) is 6.08. The molecule has 10 N–H and O–H groups in total. The van der Waals surface area contributed by atoms with Crippen LogP contribution in [0.1, 0.15) is 31.8 Å². The maximum Gasteiger partial charge on any atom is 1.00 e. The summed E-state index contributed by atoms with van der Waals surface area (Å²) in [7, 11) is -17.8. The molecule has 2 aliphatic carbocycles. The zero-order valence-electron chi connectivity index (χ0n) is 31.3.